The van der Waals surface area contributed by atoms with Gasteiger partial charge in [0.05, 0.1) is 18.3 Å². The zero-order valence-electron chi connectivity index (χ0n) is 19.4. The molecule has 2 N–H and O–H groups in total. The Morgan fingerprint density at radius 1 is 1.31 bits per heavy atom. The van der Waals surface area contributed by atoms with Crippen LogP contribution in [0, 0.1) is 30.1 Å². The number of amides is 1. The molecule has 2 atom stereocenters. The smallest absolute Gasteiger partial charge is 0.249 e. The molecular weight excluding hydrogens is 404 g/mol. The monoisotopic (exact) mass is 438 g/mol. The standard InChI is InChI=1S/C24H34N6O2/c1-17-12-22-26-11-10-20(15-30(22)29-17)23(32)27-16-24(2,3)28-14-21(31)9-8-18-6-4-5-7-19(18)13-25/h11-12,15,18-19,28H,4-10,14,16H2,1-3H3,(H,27,32). The van der Waals surface area contributed by atoms with E-state index in [1.165, 1.54) is 0 Å². The Morgan fingerprint density at radius 2 is 2.09 bits per heavy atom. The first kappa shape index (κ1) is 23.9. The number of Topliss-reactive ketones (excluding diaryl/α,β-unsaturated/α-hetero) is 1. The average molecular weight is 439 g/mol. The molecule has 2 heterocycles. The van der Waals surface area contributed by atoms with Crippen molar-refractivity contribution in [3.8, 4) is 6.07 Å². The Bertz CT molecular complexity index is 937. The molecule has 2 aliphatic rings. The maximum atomic E-state index is 12.7. The second-order valence-corrected chi connectivity index (χ2v) is 9.54. The summed E-state index contributed by atoms with van der Waals surface area (Å²) < 4.78 is 1.62. The zero-order chi connectivity index (χ0) is 23.1. The fourth-order valence-electron chi connectivity index (χ4n) is 4.26. The number of carbonyl (C=O) groups is 2. The highest BCUT2D eigenvalue weighted by Crippen LogP contribution is 2.32. The Morgan fingerprint density at radius 3 is 2.88 bits per heavy atom. The van der Waals surface area contributed by atoms with Gasteiger partial charge in [-0.2, -0.15) is 10.4 Å². The van der Waals surface area contributed by atoms with Gasteiger partial charge in [-0.05, 0) is 46.0 Å². The molecule has 2 unspecified atom stereocenters. The Balaban J connectivity index is 1.43. The van der Waals surface area contributed by atoms with Crippen LogP contribution in [-0.2, 0) is 9.59 Å². The van der Waals surface area contributed by atoms with E-state index in [-0.39, 0.29) is 24.2 Å². The van der Waals surface area contributed by atoms with Gasteiger partial charge in [-0.3, -0.25) is 9.59 Å². The predicted molar refractivity (Wildman–Crippen MR) is 124 cm³/mol. The summed E-state index contributed by atoms with van der Waals surface area (Å²) >= 11 is 0. The van der Waals surface area contributed by atoms with Crippen LogP contribution in [0.3, 0.4) is 0 Å². The van der Waals surface area contributed by atoms with Gasteiger partial charge in [0.1, 0.15) is 5.78 Å². The van der Waals surface area contributed by atoms with Crippen LogP contribution < -0.4 is 10.6 Å². The second kappa shape index (κ2) is 10.7. The van der Waals surface area contributed by atoms with Crippen LogP contribution in [-0.4, -0.2) is 46.3 Å². The van der Waals surface area contributed by atoms with Crippen molar-refractivity contribution < 1.29 is 9.59 Å². The Hall–Kier alpha value is -2.79. The number of aromatic nitrogens is 2. The molecule has 0 spiro atoms. The van der Waals surface area contributed by atoms with E-state index in [9.17, 15) is 14.9 Å². The molecule has 1 aromatic heterocycles. The molecule has 1 saturated carbocycles. The molecular formula is C24H34N6O2. The largest absolute Gasteiger partial charge is 0.350 e. The highest BCUT2D eigenvalue weighted by atomic mass is 16.1. The summed E-state index contributed by atoms with van der Waals surface area (Å²) in [4.78, 5) is 29.4. The summed E-state index contributed by atoms with van der Waals surface area (Å²) in [6.07, 6.45) is 9.45. The zero-order valence-corrected chi connectivity index (χ0v) is 19.4. The van der Waals surface area contributed by atoms with Crippen molar-refractivity contribution in [1.82, 2.24) is 20.4 Å². The van der Waals surface area contributed by atoms with E-state index >= 15 is 0 Å². The topological polar surface area (TPSA) is 112 Å². The lowest BCUT2D eigenvalue weighted by Gasteiger charge is -2.28. The minimum absolute atomic E-state index is 0.0984. The van der Waals surface area contributed by atoms with E-state index in [2.05, 4.69) is 26.8 Å². The van der Waals surface area contributed by atoms with Gasteiger partial charge in [-0.1, -0.05) is 12.8 Å². The van der Waals surface area contributed by atoms with Crippen molar-refractivity contribution in [1.29, 1.82) is 5.26 Å². The summed E-state index contributed by atoms with van der Waals surface area (Å²) in [5.41, 5.74) is 0.997. The number of carbonyl (C=O) groups excluding carboxylic acids is 2. The lowest BCUT2D eigenvalue weighted by atomic mass is 9.77. The number of hydrogen-bond donors (Lipinski definition) is 2. The molecule has 0 radical (unpaired) electrons. The molecule has 172 valence electrons. The Kier molecular flexibility index (Phi) is 7.97. The first-order valence-electron chi connectivity index (χ1n) is 11.5. The molecule has 1 aliphatic carbocycles. The third kappa shape index (κ3) is 6.60. The molecule has 32 heavy (non-hydrogen) atoms. The first-order valence-corrected chi connectivity index (χ1v) is 11.5. The number of nitrogens with zero attached hydrogens (tertiary/aromatic N) is 4. The van der Waals surface area contributed by atoms with Crippen molar-refractivity contribution in [2.45, 2.75) is 71.3 Å². The van der Waals surface area contributed by atoms with Gasteiger partial charge in [0.15, 0.2) is 5.82 Å². The van der Waals surface area contributed by atoms with Crippen LogP contribution in [0.1, 0.15) is 64.5 Å². The molecule has 3 rings (SSSR count). The van der Waals surface area contributed by atoms with Crippen LogP contribution >= 0.6 is 0 Å². The third-order valence-corrected chi connectivity index (χ3v) is 6.27. The van der Waals surface area contributed by atoms with Gasteiger partial charge in [0, 0.05) is 54.9 Å². The average Bonchev–Trinajstić information content (AvgIpc) is 3.01. The van der Waals surface area contributed by atoms with Crippen LogP contribution in [0.15, 0.2) is 16.6 Å². The van der Waals surface area contributed by atoms with E-state index in [4.69, 9.17) is 0 Å². The first-order chi connectivity index (χ1) is 15.3. The van der Waals surface area contributed by atoms with Gasteiger partial charge < -0.3 is 10.6 Å². The number of aliphatic imine (C=N–C) groups is 1. The number of aryl methyl sites for hydroxylation is 1. The minimum atomic E-state index is -0.432. The highest BCUT2D eigenvalue weighted by Gasteiger charge is 2.26. The molecule has 1 aliphatic heterocycles. The Labute approximate surface area is 190 Å². The van der Waals surface area contributed by atoms with Crippen molar-refractivity contribution in [3.05, 3.63) is 17.3 Å². The second-order valence-electron chi connectivity index (χ2n) is 9.54. The molecule has 8 heteroatoms. The number of nitrogens with one attached hydrogen (secondary N) is 2. The van der Waals surface area contributed by atoms with E-state index in [0.29, 0.717) is 36.7 Å². The molecule has 1 amide bonds. The molecule has 0 saturated heterocycles. The predicted octanol–water partition coefficient (Wildman–Crippen LogP) is 3.30. The summed E-state index contributed by atoms with van der Waals surface area (Å²) in [5.74, 6) is 1.14. The number of nitriles is 1. The number of hydrogen-bond acceptors (Lipinski definition) is 6. The van der Waals surface area contributed by atoms with Crippen LogP contribution in [0.25, 0.3) is 6.20 Å². The van der Waals surface area contributed by atoms with Crippen molar-refractivity contribution in [2.24, 2.45) is 16.8 Å². The lowest BCUT2D eigenvalue weighted by Crippen LogP contribution is -2.50. The van der Waals surface area contributed by atoms with Gasteiger partial charge in [-0.15, -0.1) is 0 Å². The SMILES string of the molecule is Cc1cc2n(n1)C=C(C(=O)NCC(C)(C)NCC(=O)CCC1CCCCC1C#N)CC=N2. The maximum absolute atomic E-state index is 12.7. The number of rotatable bonds is 9. The number of fused-ring (bicyclic) bond motifs is 1. The quantitative estimate of drug-likeness (QED) is 0.614. The number of ketones is 1. The van der Waals surface area contributed by atoms with E-state index in [1.807, 2.05) is 26.8 Å². The van der Waals surface area contributed by atoms with Crippen LogP contribution in [0.5, 0.6) is 0 Å². The van der Waals surface area contributed by atoms with Crippen LogP contribution in [0.2, 0.25) is 0 Å². The lowest BCUT2D eigenvalue weighted by molar-refractivity contribution is -0.118. The fourth-order valence-corrected chi connectivity index (χ4v) is 4.26. The fraction of sp³-hybridized carbons (Fsp3) is 0.625. The van der Waals surface area contributed by atoms with Crippen molar-refractivity contribution >= 4 is 29.9 Å². The summed E-state index contributed by atoms with van der Waals surface area (Å²) in [6, 6.07) is 4.28. The van der Waals surface area contributed by atoms with E-state index in [0.717, 1.165) is 37.8 Å². The van der Waals surface area contributed by atoms with E-state index < -0.39 is 5.54 Å². The van der Waals surface area contributed by atoms with Gasteiger partial charge in [0.2, 0.25) is 5.91 Å². The van der Waals surface area contributed by atoms with Gasteiger partial charge >= 0.3 is 0 Å². The van der Waals surface area contributed by atoms with Gasteiger partial charge in [-0.25, -0.2) is 9.67 Å². The van der Waals surface area contributed by atoms with E-state index in [1.54, 1.807) is 17.1 Å². The third-order valence-electron chi connectivity index (χ3n) is 6.27. The van der Waals surface area contributed by atoms with Crippen molar-refractivity contribution in [2.75, 3.05) is 13.1 Å². The molecule has 8 nitrogen and oxygen atoms in total. The summed E-state index contributed by atoms with van der Waals surface area (Å²) in [6.45, 7) is 6.46. The minimum Gasteiger partial charge on any atom is -0.350 e. The molecule has 1 aromatic rings. The van der Waals surface area contributed by atoms with Crippen LogP contribution in [0.4, 0.5) is 5.82 Å². The molecule has 0 aromatic carbocycles. The summed E-state index contributed by atoms with van der Waals surface area (Å²) in [5, 5.41) is 19.9. The normalized spacial score (nSPS) is 20.6. The maximum Gasteiger partial charge on any atom is 0.249 e. The molecule has 1 fully saturated rings. The summed E-state index contributed by atoms with van der Waals surface area (Å²) in [7, 11) is 0. The van der Waals surface area contributed by atoms with Crippen molar-refractivity contribution in [3.63, 3.8) is 0 Å². The molecule has 0 bridgehead atoms. The van der Waals surface area contributed by atoms with Gasteiger partial charge in [0.25, 0.3) is 0 Å². The highest BCUT2D eigenvalue weighted by molar-refractivity contribution is 5.99.